The Bertz CT molecular complexity index is 657. The first kappa shape index (κ1) is 19.0. The fourth-order valence-electron chi connectivity index (χ4n) is 3.34. The lowest BCUT2D eigenvalue weighted by Gasteiger charge is -2.27. The van der Waals surface area contributed by atoms with E-state index in [1.807, 2.05) is 19.9 Å². The maximum Gasteiger partial charge on any atom is 0.334 e. The fourth-order valence-corrected chi connectivity index (χ4v) is 3.34. The van der Waals surface area contributed by atoms with E-state index in [-0.39, 0.29) is 5.97 Å². The largest absolute Gasteiger partial charge is 0.458 e. The van der Waals surface area contributed by atoms with Crippen LogP contribution in [-0.4, -0.2) is 36.2 Å². The fraction of sp³-hybridized carbons (Fsp3) is 0.526. The van der Waals surface area contributed by atoms with Crippen LogP contribution in [0, 0.1) is 5.92 Å². The highest BCUT2D eigenvalue weighted by Gasteiger charge is 2.44. The van der Waals surface area contributed by atoms with E-state index >= 15 is 0 Å². The highest BCUT2D eigenvalue weighted by atomic mass is 16.6. The zero-order valence-corrected chi connectivity index (χ0v) is 15.0. The molecule has 4 atom stereocenters. The van der Waals surface area contributed by atoms with Crippen LogP contribution in [0.2, 0.25) is 0 Å². The number of ether oxygens (including phenoxy) is 3. The quantitative estimate of drug-likeness (QED) is 0.330. The van der Waals surface area contributed by atoms with Gasteiger partial charge in [0.25, 0.3) is 0 Å². The summed E-state index contributed by atoms with van der Waals surface area (Å²) in [4.78, 5) is 34.9. The van der Waals surface area contributed by atoms with Crippen LogP contribution in [0.5, 0.6) is 0 Å². The summed E-state index contributed by atoms with van der Waals surface area (Å²) in [5, 5.41) is 0. The van der Waals surface area contributed by atoms with Gasteiger partial charge in [-0.3, -0.25) is 9.59 Å². The second kappa shape index (κ2) is 7.68. The van der Waals surface area contributed by atoms with E-state index in [4.69, 9.17) is 14.2 Å². The van der Waals surface area contributed by atoms with Crippen LogP contribution in [0.3, 0.4) is 0 Å². The first-order valence-corrected chi connectivity index (χ1v) is 8.26. The SMILES string of the molecule is C=C1C(=O)O[C@H]2C/C(C)=C/[C@H](OC(C)=O)C/C(C)=C/[C@@H](OC(C)=O)[C@H]12. The van der Waals surface area contributed by atoms with Crippen molar-refractivity contribution in [1.82, 2.24) is 0 Å². The van der Waals surface area contributed by atoms with Gasteiger partial charge in [-0.2, -0.15) is 0 Å². The normalized spacial score (nSPS) is 33.9. The molecular formula is C19H24O6. The minimum absolute atomic E-state index is 0.310. The van der Waals surface area contributed by atoms with E-state index in [2.05, 4.69) is 6.58 Å². The number of carbonyl (C=O) groups is 3. The summed E-state index contributed by atoms with van der Waals surface area (Å²) in [6.45, 7) is 10.3. The highest BCUT2D eigenvalue weighted by Crippen LogP contribution is 2.36. The van der Waals surface area contributed by atoms with Gasteiger partial charge in [0.05, 0.1) is 5.92 Å². The Morgan fingerprint density at radius 2 is 1.68 bits per heavy atom. The molecule has 0 spiro atoms. The summed E-state index contributed by atoms with van der Waals surface area (Å²) in [6.07, 6.45) is 3.06. The molecule has 2 rings (SSSR count). The molecule has 0 radical (unpaired) electrons. The van der Waals surface area contributed by atoms with Crippen LogP contribution in [0.4, 0.5) is 0 Å². The van der Waals surface area contributed by atoms with Gasteiger partial charge in [0.1, 0.15) is 18.3 Å². The molecule has 1 fully saturated rings. The van der Waals surface area contributed by atoms with Gasteiger partial charge < -0.3 is 14.2 Å². The summed E-state index contributed by atoms with van der Waals surface area (Å²) >= 11 is 0. The van der Waals surface area contributed by atoms with E-state index in [1.54, 1.807) is 6.08 Å². The molecule has 25 heavy (non-hydrogen) atoms. The third-order valence-electron chi connectivity index (χ3n) is 4.26. The second-order valence-electron chi connectivity index (χ2n) is 6.65. The maximum atomic E-state index is 12.0. The monoisotopic (exact) mass is 348 g/mol. The number of fused-ring (bicyclic) bond motifs is 1. The Morgan fingerprint density at radius 1 is 1.08 bits per heavy atom. The highest BCUT2D eigenvalue weighted by molar-refractivity contribution is 5.91. The van der Waals surface area contributed by atoms with Gasteiger partial charge in [-0.1, -0.05) is 17.7 Å². The van der Waals surface area contributed by atoms with Crippen molar-refractivity contribution in [1.29, 1.82) is 0 Å². The average Bonchev–Trinajstić information content (AvgIpc) is 2.70. The molecule has 0 N–H and O–H groups in total. The number of carbonyl (C=O) groups excluding carboxylic acids is 3. The summed E-state index contributed by atoms with van der Waals surface area (Å²) in [7, 11) is 0. The van der Waals surface area contributed by atoms with Crippen LogP contribution < -0.4 is 0 Å². The van der Waals surface area contributed by atoms with E-state index in [9.17, 15) is 14.4 Å². The third kappa shape index (κ3) is 4.81. The molecule has 1 saturated heterocycles. The van der Waals surface area contributed by atoms with Crippen molar-refractivity contribution in [2.75, 3.05) is 0 Å². The zero-order chi connectivity index (χ0) is 18.7. The molecule has 1 heterocycles. The predicted molar refractivity (Wildman–Crippen MR) is 90.4 cm³/mol. The topological polar surface area (TPSA) is 78.9 Å². The van der Waals surface area contributed by atoms with Crippen molar-refractivity contribution in [3.63, 3.8) is 0 Å². The lowest BCUT2D eigenvalue weighted by atomic mass is 9.85. The molecular weight excluding hydrogens is 324 g/mol. The van der Waals surface area contributed by atoms with Gasteiger partial charge >= 0.3 is 17.9 Å². The van der Waals surface area contributed by atoms with Crippen molar-refractivity contribution in [3.05, 3.63) is 35.5 Å². The minimum atomic E-state index is -0.648. The number of rotatable bonds is 2. The van der Waals surface area contributed by atoms with Crippen LogP contribution in [0.15, 0.2) is 35.5 Å². The smallest absolute Gasteiger partial charge is 0.334 e. The molecule has 6 nitrogen and oxygen atoms in total. The Hall–Kier alpha value is -2.37. The number of hydrogen-bond donors (Lipinski definition) is 0. The van der Waals surface area contributed by atoms with E-state index in [1.165, 1.54) is 13.8 Å². The first-order chi connectivity index (χ1) is 11.7. The van der Waals surface area contributed by atoms with Crippen LogP contribution in [0.1, 0.15) is 40.5 Å². The second-order valence-corrected chi connectivity index (χ2v) is 6.65. The van der Waals surface area contributed by atoms with Crippen molar-refractivity contribution in [2.24, 2.45) is 5.92 Å². The van der Waals surface area contributed by atoms with E-state index in [0.29, 0.717) is 18.4 Å². The molecule has 1 aliphatic heterocycles. The standard InChI is InChI=1S/C19H24O6/c1-10-6-15(23-13(4)20)7-11(2)9-17-18(12(3)19(22)25-17)16(8-10)24-14(5)21/h7-8,15-18H,3,6,9H2,1-2,4-5H3/b10-8+,11-7+/t15-,16-,17+,18+/m1/s1. The van der Waals surface area contributed by atoms with Crippen molar-refractivity contribution < 1.29 is 28.6 Å². The van der Waals surface area contributed by atoms with Crippen molar-refractivity contribution in [2.45, 2.75) is 58.8 Å². The molecule has 0 bridgehead atoms. The first-order valence-electron chi connectivity index (χ1n) is 8.26. The van der Waals surface area contributed by atoms with Gasteiger partial charge in [-0.25, -0.2) is 4.79 Å². The molecule has 0 aromatic carbocycles. The minimum Gasteiger partial charge on any atom is -0.458 e. The average molecular weight is 348 g/mol. The van der Waals surface area contributed by atoms with Gasteiger partial charge in [0.2, 0.25) is 0 Å². The van der Waals surface area contributed by atoms with Crippen molar-refractivity contribution >= 4 is 17.9 Å². The summed E-state index contributed by atoms with van der Waals surface area (Å²) in [5.74, 6) is -1.71. The molecule has 136 valence electrons. The molecule has 2 aliphatic rings. The molecule has 0 unspecified atom stereocenters. The maximum absolute atomic E-state index is 12.0. The lowest BCUT2D eigenvalue weighted by Crippen LogP contribution is -2.33. The lowest BCUT2D eigenvalue weighted by molar-refractivity contribution is -0.147. The van der Waals surface area contributed by atoms with Crippen molar-refractivity contribution in [3.8, 4) is 0 Å². The Balaban J connectivity index is 2.42. The summed E-state index contributed by atoms with van der Waals surface area (Å²) in [5.41, 5.74) is 2.12. The van der Waals surface area contributed by atoms with Gasteiger partial charge in [-0.05, 0) is 26.0 Å². The predicted octanol–water partition coefficient (Wildman–Crippen LogP) is 2.63. The van der Waals surface area contributed by atoms with E-state index < -0.39 is 36.2 Å². The van der Waals surface area contributed by atoms with Crippen LogP contribution >= 0.6 is 0 Å². The molecule has 0 aromatic heterocycles. The molecule has 0 saturated carbocycles. The third-order valence-corrected chi connectivity index (χ3v) is 4.26. The molecule has 0 amide bonds. The Labute approximate surface area is 147 Å². The van der Waals surface area contributed by atoms with E-state index in [0.717, 1.165) is 11.1 Å². The summed E-state index contributed by atoms with van der Waals surface area (Å²) < 4.78 is 16.2. The Morgan fingerprint density at radius 3 is 2.28 bits per heavy atom. The number of hydrogen-bond acceptors (Lipinski definition) is 6. The summed E-state index contributed by atoms with van der Waals surface area (Å²) in [6, 6.07) is 0. The van der Waals surface area contributed by atoms with Gasteiger partial charge in [-0.15, -0.1) is 0 Å². The van der Waals surface area contributed by atoms with Crippen LogP contribution in [0.25, 0.3) is 0 Å². The zero-order valence-electron chi connectivity index (χ0n) is 15.0. The van der Waals surface area contributed by atoms with Gasteiger partial charge in [0, 0.05) is 32.3 Å². The molecule has 1 aliphatic carbocycles. The van der Waals surface area contributed by atoms with Crippen LogP contribution in [-0.2, 0) is 28.6 Å². The van der Waals surface area contributed by atoms with Gasteiger partial charge in [0.15, 0.2) is 0 Å². The molecule has 0 aromatic rings. The number of esters is 3. The molecule has 6 heteroatoms. The Kier molecular flexibility index (Phi) is 5.82.